The Balaban J connectivity index is 1.96. The van der Waals surface area contributed by atoms with Crippen molar-refractivity contribution < 1.29 is 9.53 Å². The number of aromatic nitrogens is 1. The molecular formula is C11H15ClN2O2. The first-order valence-electron chi connectivity index (χ1n) is 5.36. The third-order valence-corrected chi connectivity index (χ3v) is 3.16. The summed E-state index contributed by atoms with van der Waals surface area (Å²) in [6.07, 6.45) is 3.71. The fraction of sp³-hybridized carbons (Fsp3) is 0.545. The highest BCUT2D eigenvalue weighted by Crippen LogP contribution is 2.17. The zero-order valence-electron chi connectivity index (χ0n) is 9.20. The Morgan fingerprint density at radius 1 is 1.56 bits per heavy atom. The number of piperidine rings is 1. The normalized spacial score (nSPS) is 17.8. The number of likely N-dealkylation sites (tertiary alicyclic amines) is 1. The Morgan fingerprint density at radius 3 is 2.75 bits per heavy atom. The van der Waals surface area contributed by atoms with Crippen molar-refractivity contribution in [2.75, 3.05) is 20.2 Å². The van der Waals surface area contributed by atoms with E-state index in [0.29, 0.717) is 10.7 Å². The lowest BCUT2D eigenvalue weighted by Gasteiger charge is -2.30. The third-order valence-electron chi connectivity index (χ3n) is 2.94. The molecule has 1 N–H and O–H groups in total. The number of nitrogens with zero attached hydrogens (tertiary/aromatic N) is 1. The minimum absolute atomic E-state index is 0.0152. The van der Waals surface area contributed by atoms with E-state index in [1.807, 2.05) is 4.90 Å². The maximum atomic E-state index is 12.0. The number of nitrogens with one attached hydrogen (secondary N) is 1. The van der Waals surface area contributed by atoms with Gasteiger partial charge >= 0.3 is 0 Å². The highest BCUT2D eigenvalue weighted by molar-refractivity contribution is 6.30. The molecule has 1 aliphatic rings. The molecule has 0 bridgehead atoms. The van der Waals surface area contributed by atoms with E-state index in [1.165, 1.54) is 0 Å². The number of hydrogen-bond acceptors (Lipinski definition) is 2. The van der Waals surface area contributed by atoms with Gasteiger partial charge in [0.25, 0.3) is 5.91 Å². The summed E-state index contributed by atoms with van der Waals surface area (Å²) in [6.45, 7) is 1.49. The van der Waals surface area contributed by atoms with Crippen molar-refractivity contribution in [1.29, 1.82) is 0 Å². The number of halogens is 1. The topological polar surface area (TPSA) is 45.3 Å². The van der Waals surface area contributed by atoms with E-state index in [1.54, 1.807) is 19.4 Å². The van der Waals surface area contributed by atoms with E-state index in [-0.39, 0.29) is 12.0 Å². The molecule has 1 aliphatic heterocycles. The molecule has 1 amide bonds. The summed E-state index contributed by atoms with van der Waals surface area (Å²) in [7, 11) is 1.72. The Hall–Kier alpha value is -1.00. The van der Waals surface area contributed by atoms with Crippen LogP contribution in [0, 0.1) is 0 Å². The Bertz CT molecular complexity index is 370. The number of carbonyl (C=O) groups excluding carboxylic acids is 1. The number of ether oxygens (including phenoxy) is 1. The molecule has 5 heteroatoms. The molecule has 0 aliphatic carbocycles. The van der Waals surface area contributed by atoms with Gasteiger partial charge in [-0.3, -0.25) is 4.79 Å². The summed E-state index contributed by atoms with van der Waals surface area (Å²) in [6, 6.07) is 1.66. The predicted molar refractivity (Wildman–Crippen MR) is 61.7 cm³/mol. The van der Waals surface area contributed by atoms with Crippen LogP contribution in [0.5, 0.6) is 0 Å². The van der Waals surface area contributed by atoms with Gasteiger partial charge in [-0.25, -0.2) is 0 Å². The molecule has 2 heterocycles. The maximum absolute atomic E-state index is 12.0. The minimum atomic E-state index is 0.0152. The lowest BCUT2D eigenvalue weighted by atomic mass is 10.1. The zero-order valence-corrected chi connectivity index (χ0v) is 9.96. The first-order valence-corrected chi connectivity index (χ1v) is 5.74. The predicted octanol–water partition coefficient (Wildman–Crippen LogP) is 1.92. The van der Waals surface area contributed by atoms with Gasteiger partial charge in [0.05, 0.1) is 11.1 Å². The summed E-state index contributed by atoms with van der Waals surface area (Å²) in [5.74, 6) is 0.0152. The van der Waals surface area contributed by atoms with Gasteiger partial charge < -0.3 is 14.6 Å². The molecule has 1 fully saturated rings. The molecule has 0 radical (unpaired) electrons. The smallest absolute Gasteiger partial charge is 0.270 e. The van der Waals surface area contributed by atoms with Gasteiger partial charge in [0.1, 0.15) is 5.69 Å². The second kappa shape index (κ2) is 4.89. The molecule has 1 aromatic heterocycles. The number of amides is 1. The summed E-state index contributed by atoms with van der Waals surface area (Å²) in [5.41, 5.74) is 0.556. The van der Waals surface area contributed by atoms with Crippen molar-refractivity contribution in [3.05, 3.63) is 23.0 Å². The minimum Gasteiger partial charge on any atom is -0.381 e. The molecule has 1 aromatic rings. The molecule has 0 unspecified atom stereocenters. The second-order valence-corrected chi connectivity index (χ2v) is 4.40. The quantitative estimate of drug-likeness (QED) is 0.861. The summed E-state index contributed by atoms with van der Waals surface area (Å²) < 4.78 is 5.26. The Morgan fingerprint density at radius 2 is 2.25 bits per heavy atom. The Labute approximate surface area is 99.5 Å². The maximum Gasteiger partial charge on any atom is 0.270 e. The average molecular weight is 243 g/mol. The van der Waals surface area contributed by atoms with Crippen molar-refractivity contribution in [2.24, 2.45) is 0 Å². The molecule has 0 spiro atoms. The van der Waals surface area contributed by atoms with Crippen LogP contribution in [0.4, 0.5) is 0 Å². The summed E-state index contributed by atoms with van der Waals surface area (Å²) in [4.78, 5) is 16.7. The number of H-pyrrole nitrogens is 1. The van der Waals surface area contributed by atoms with Crippen molar-refractivity contribution >= 4 is 17.5 Å². The van der Waals surface area contributed by atoms with E-state index < -0.39 is 0 Å². The molecule has 88 valence electrons. The number of hydrogen-bond donors (Lipinski definition) is 1. The molecular weight excluding hydrogens is 228 g/mol. The van der Waals surface area contributed by atoms with E-state index in [0.717, 1.165) is 25.9 Å². The first kappa shape index (κ1) is 11.5. The van der Waals surface area contributed by atoms with Crippen LogP contribution in [0.25, 0.3) is 0 Å². The van der Waals surface area contributed by atoms with Gasteiger partial charge in [-0.15, -0.1) is 0 Å². The van der Waals surface area contributed by atoms with Crippen LogP contribution in [0.1, 0.15) is 23.3 Å². The van der Waals surface area contributed by atoms with E-state index in [4.69, 9.17) is 16.3 Å². The van der Waals surface area contributed by atoms with Crippen LogP contribution in [0.2, 0.25) is 5.02 Å². The fourth-order valence-corrected chi connectivity index (χ4v) is 2.12. The highest BCUT2D eigenvalue weighted by atomic mass is 35.5. The average Bonchev–Trinajstić information content (AvgIpc) is 2.75. The molecule has 4 nitrogen and oxygen atoms in total. The van der Waals surface area contributed by atoms with Gasteiger partial charge in [0.15, 0.2) is 0 Å². The molecule has 0 aromatic carbocycles. The van der Waals surface area contributed by atoms with E-state index >= 15 is 0 Å². The van der Waals surface area contributed by atoms with Crippen LogP contribution in [0.15, 0.2) is 12.3 Å². The standard InChI is InChI=1S/C11H15ClN2O2/c1-16-9-2-4-14(5-3-9)11(15)10-6-8(12)7-13-10/h6-7,9,13H,2-5H2,1H3. The molecule has 2 rings (SSSR count). The van der Waals surface area contributed by atoms with Crippen LogP contribution >= 0.6 is 11.6 Å². The van der Waals surface area contributed by atoms with Crippen LogP contribution < -0.4 is 0 Å². The summed E-state index contributed by atoms with van der Waals surface area (Å²) >= 11 is 5.77. The molecule has 1 saturated heterocycles. The van der Waals surface area contributed by atoms with Crippen LogP contribution in [0.3, 0.4) is 0 Å². The van der Waals surface area contributed by atoms with Crippen molar-refractivity contribution in [3.63, 3.8) is 0 Å². The lowest BCUT2D eigenvalue weighted by Crippen LogP contribution is -2.40. The molecule has 16 heavy (non-hydrogen) atoms. The van der Waals surface area contributed by atoms with Crippen molar-refractivity contribution in [1.82, 2.24) is 9.88 Å². The number of aromatic amines is 1. The highest BCUT2D eigenvalue weighted by Gasteiger charge is 2.23. The lowest BCUT2D eigenvalue weighted by molar-refractivity contribution is 0.0348. The van der Waals surface area contributed by atoms with Crippen molar-refractivity contribution in [2.45, 2.75) is 18.9 Å². The Kier molecular flexibility index (Phi) is 3.51. The monoisotopic (exact) mass is 242 g/mol. The van der Waals surface area contributed by atoms with Crippen LogP contribution in [-0.2, 0) is 4.74 Å². The number of methoxy groups -OCH3 is 1. The van der Waals surface area contributed by atoms with E-state index in [2.05, 4.69) is 4.98 Å². The first-order chi connectivity index (χ1) is 7.70. The van der Waals surface area contributed by atoms with E-state index in [9.17, 15) is 4.79 Å². The number of rotatable bonds is 2. The second-order valence-electron chi connectivity index (χ2n) is 3.96. The molecule has 0 saturated carbocycles. The van der Waals surface area contributed by atoms with Gasteiger partial charge in [-0.2, -0.15) is 0 Å². The SMILES string of the molecule is COC1CCN(C(=O)c2cc(Cl)c[nH]2)CC1. The number of carbonyl (C=O) groups is 1. The van der Waals surface area contributed by atoms with Gasteiger partial charge in [-0.05, 0) is 18.9 Å². The van der Waals surface area contributed by atoms with Crippen LogP contribution in [-0.4, -0.2) is 42.1 Å². The zero-order chi connectivity index (χ0) is 11.5. The van der Waals surface area contributed by atoms with Crippen molar-refractivity contribution in [3.8, 4) is 0 Å². The van der Waals surface area contributed by atoms with Gasteiger partial charge in [0.2, 0.25) is 0 Å². The summed E-state index contributed by atoms with van der Waals surface area (Å²) in [5, 5.41) is 0.565. The molecule has 0 atom stereocenters. The third kappa shape index (κ3) is 2.39. The largest absolute Gasteiger partial charge is 0.381 e. The fourth-order valence-electron chi connectivity index (χ4n) is 1.96. The van der Waals surface area contributed by atoms with Gasteiger partial charge in [-0.1, -0.05) is 11.6 Å². The van der Waals surface area contributed by atoms with Gasteiger partial charge in [0, 0.05) is 26.4 Å².